The summed E-state index contributed by atoms with van der Waals surface area (Å²) in [5.74, 6) is 0.806. The summed E-state index contributed by atoms with van der Waals surface area (Å²) in [4.78, 5) is 10.6. The number of methoxy groups -OCH3 is 1. The highest BCUT2D eigenvalue weighted by molar-refractivity contribution is 7.18. The number of thiophene rings is 1. The number of anilines is 1. The molecule has 17 heavy (non-hydrogen) atoms. The van der Waals surface area contributed by atoms with E-state index in [2.05, 4.69) is 28.3 Å². The number of aryl methyl sites for hydroxylation is 1. The van der Waals surface area contributed by atoms with Crippen molar-refractivity contribution in [3.63, 3.8) is 0 Å². The Morgan fingerprint density at radius 2 is 2.29 bits per heavy atom. The number of hydrogen-bond donors (Lipinski definition) is 1. The van der Waals surface area contributed by atoms with E-state index in [1.807, 2.05) is 0 Å². The van der Waals surface area contributed by atoms with Crippen LogP contribution in [0.2, 0.25) is 5.28 Å². The van der Waals surface area contributed by atoms with Crippen LogP contribution in [0.5, 0.6) is 0 Å². The minimum Gasteiger partial charge on any atom is -0.385 e. The molecule has 0 aliphatic heterocycles. The molecule has 1 N–H and O–H groups in total. The Hall–Kier alpha value is -0.910. The fraction of sp³-hybridized carbons (Fsp3) is 0.455. The van der Waals surface area contributed by atoms with E-state index in [4.69, 9.17) is 16.3 Å². The lowest BCUT2D eigenvalue weighted by Gasteiger charge is -2.06. The number of halogens is 1. The Bertz CT molecular complexity index is 515. The fourth-order valence-electron chi connectivity index (χ4n) is 1.57. The zero-order valence-electron chi connectivity index (χ0n) is 9.79. The largest absolute Gasteiger partial charge is 0.385 e. The van der Waals surface area contributed by atoms with Gasteiger partial charge in [0.25, 0.3) is 0 Å². The summed E-state index contributed by atoms with van der Waals surface area (Å²) in [7, 11) is 1.70. The van der Waals surface area contributed by atoms with Gasteiger partial charge in [-0.3, -0.25) is 0 Å². The Morgan fingerprint density at radius 1 is 1.47 bits per heavy atom. The van der Waals surface area contributed by atoms with Crippen molar-refractivity contribution in [2.24, 2.45) is 0 Å². The van der Waals surface area contributed by atoms with Crippen LogP contribution in [-0.4, -0.2) is 30.2 Å². The van der Waals surface area contributed by atoms with Gasteiger partial charge in [0.2, 0.25) is 5.28 Å². The lowest BCUT2D eigenvalue weighted by atomic mass is 10.3. The molecule has 6 heteroatoms. The highest BCUT2D eigenvalue weighted by Crippen LogP contribution is 2.29. The topological polar surface area (TPSA) is 47.0 Å². The number of hydrogen-bond acceptors (Lipinski definition) is 5. The van der Waals surface area contributed by atoms with Gasteiger partial charge in [0.05, 0.1) is 5.39 Å². The fourth-order valence-corrected chi connectivity index (χ4v) is 2.67. The van der Waals surface area contributed by atoms with E-state index in [0.29, 0.717) is 0 Å². The number of aromatic nitrogens is 2. The Kier molecular flexibility index (Phi) is 4.15. The second-order valence-electron chi connectivity index (χ2n) is 3.69. The predicted molar refractivity (Wildman–Crippen MR) is 72.1 cm³/mol. The molecule has 0 saturated heterocycles. The molecule has 4 nitrogen and oxygen atoms in total. The smallest absolute Gasteiger partial charge is 0.225 e. The van der Waals surface area contributed by atoms with E-state index in [1.54, 1.807) is 18.4 Å². The molecule has 2 aromatic heterocycles. The van der Waals surface area contributed by atoms with Crippen LogP contribution in [0.15, 0.2) is 6.07 Å². The van der Waals surface area contributed by atoms with Gasteiger partial charge in [-0.1, -0.05) is 0 Å². The maximum atomic E-state index is 5.89. The molecule has 0 aromatic carbocycles. The number of fused-ring (bicyclic) bond motifs is 1. The second-order valence-corrected chi connectivity index (χ2v) is 5.26. The van der Waals surface area contributed by atoms with Gasteiger partial charge < -0.3 is 10.1 Å². The van der Waals surface area contributed by atoms with Crippen LogP contribution >= 0.6 is 22.9 Å². The standard InChI is InChI=1S/C11H14ClN3OS/c1-7-6-8-9(13-4-3-5-16-2)14-11(12)15-10(8)17-7/h6H,3-5H2,1-2H3,(H,13,14,15). The molecule has 0 amide bonds. The van der Waals surface area contributed by atoms with E-state index in [9.17, 15) is 0 Å². The summed E-state index contributed by atoms with van der Waals surface area (Å²) in [5, 5.41) is 4.59. The average molecular weight is 272 g/mol. The van der Waals surface area contributed by atoms with Crippen molar-refractivity contribution in [3.05, 3.63) is 16.2 Å². The predicted octanol–water partition coefficient (Wildman–Crippen LogP) is 3.10. The highest BCUT2D eigenvalue weighted by Gasteiger charge is 2.08. The Balaban J connectivity index is 2.19. The van der Waals surface area contributed by atoms with Gasteiger partial charge in [0.15, 0.2) is 0 Å². The number of nitrogens with one attached hydrogen (secondary N) is 1. The summed E-state index contributed by atoms with van der Waals surface area (Å²) in [5.41, 5.74) is 0. The maximum absolute atomic E-state index is 5.89. The van der Waals surface area contributed by atoms with Crippen LogP contribution in [0.1, 0.15) is 11.3 Å². The quantitative estimate of drug-likeness (QED) is 0.671. The molecular weight excluding hydrogens is 258 g/mol. The van der Waals surface area contributed by atoms with Gasteiger partial charge in [-0.15, -0.1) is 11.3 Å². The normalized spacial score (nSPS) is 11.0. The zero-order valence-corrected chi connectivity index (χ0v) is 11.4. The van der Waals surface area contributed by atoms with Gasteiger partial charge in [-0.2, -0.15) is 0 Å². The van der Waals surface area contributed by atoms with Crippen LogP contribution < -0.4 is 5.32 Å². The molecule has 0 radical (unpaired) electrons. The first-order valence-electron chi connectivity index (χ1n) is 5.37. The second kappa shape index (κ2) is 5.62. The monoisotopic (exact) mass is 271 g/mol. The van der Waals surface area contributed by atoms with Crippen LogP contribution in [0.25, 0.3) is 10.2 Å². The summed E-state index contributed by atoms with van der Waals surface area (Å²) in [6.45, 7) is 3.59. The zero-order chi connectivity index (χ0) is 12.3. The maximum Gasteiger partial charge on any atom is 0.225 e. The lowest BCUT2D eigenvalue weighted by molar-refractivity contribution is 0.198. The van der Waals surface area contributed by atoms with E-state index in [-0.39, 0.29) is 5.28 Å². The lowest BCUT2D eigenvalue weighted by Crippen LogP contribution is -2.06. The van der Waals surface area contributed by atoms with Crippen molar-refractivity contribution in [1.82, 2.24) is 9.97 Å². The van der Waals surface area contributed by atoms with Crippen LogP contribution in [0.3, 0.4) is 0 Å². The third kappa shape index (κ3) is 3.06. The van der Waals surface area contributed by atoms with Crippen molar-refractivity contribution in [3.8, 4) is 0 Å². The molecule has 0 aliphatic carbocycles. The van der Waals surface area contributed by atoms with E-state index >= 15 is 0 Å². The molecule has 0 fully saturated rings. The van der Waals surface area contributed by atoms with Crippen LogP contribution in [0, 0.1) is 6.92 Å². The molecule has 2 rings (SSSR count). The van der Waals surface area contributed by atoms with Crippen molar-refractivity contribution < 1.29 is 4.74 Å². The van der Waals surface area contributed by atoms with Crippen LogP contribution in [0.4, 0.5) is 5.82 Å². The van der Waals surface area contributed by atoms with E-state index < -0.39 is 0 Å². The molecule has 0 bridgehead atoms. The van der Waals surface area contributed by atoms with Gasteiger partial charge in [0, 0.05) is 25.1 Å². The number of rotatable bonds is 5. The van der Waals surface area contributed by atoms with Gasteiger partial charge >= 0.3 is 0 Å². The molecule has 0 unspecified atom stereocenters. The van der Waals surface area contributed by atoms with Crippen LogP contribution in [-0.2, 0) is 4.74 Å². The summed E-state index contributed by atoms with van der Waals surface area (Å²) in [6.07, 6.45) is 0.933. The minimum atomic E-state index is 0.286. The molecule has 2 aromatic rings. The summed E-state index contributed by atoms with van der Waals surface area (Å²) < 4.78 is 5.00. The molecule has 2 heterocycles. The Labute approximate surface area is 109 Å². The first-order valence-corrected chi connectivity index (χ1v) is 6.56. The van der Waals surface area contributed by atoms with Crippen molar-refractivity contribution in [2.75, 3.05) is 25.6 Å². The van der Waals surface area contributed by atoms with Crippen molar-refractivity contribution in [2.45, 2.75) is 13.3 Å². The Morgan fingerprint density at radius 3 is 3.06 bits per heavy atom. The molecule has 0 atom stereocenters. The summed E-state index contributed by atoms with van der Waals surface area (Å²) >= 11 is 7.52. The highest BCUT2D eigenvalue weighted by atomic mass is 35.5. The van der Waals surface area contributed by atoms with Gasteiger partial charge in [0.1, 0.15) is 10.6 Å². The average Bonchev–Trinajstić information content (AvgIpc) is 2.64. The molecular formula is C11H14ClN3OS. The number of nitrogens with zero attached hydrogens (tertiary/aromatic N) is 2. The summed E-state index contributed by atoms with van der Waals surface area (Å²) in [6, 6.07) is 2.08. The third-order valence-electron chi connectivity index (χ3n) is 2.31. The van der Waals surface area contributed by atoms with E-state index in [1.165, 1.54) is 4.88 Å². The SMILES string of the molecule is COCCCNc1nc(Cl)nc2sc(C)cc12. The minimum absolute atomic E-state index is 0.286. The first kappa shape index (κ1) is 12.5. The molecule has 0 saturated carbocycles. The van der Waals surface area contributed by atoms with E-state index in [0.717, 1.165) is 35.6 Å². The third-order valence-corrected chi connectivity index (χ3v) is 3.42. The number of ether oxygens (including phenoxy) is 1. The van der Waals surface area contributed by atoms with Crippen molar-refractivity contribution in [1.29, 1.82) is 0 Å². The molecule has 0 aliphatic rings. The van der Waals surface area contributed by atoms with Gasteiger partial charge in [-0.05, 0) is 31.0 Å². The molecule has 92 valence electrons. The first-order chi connectivity index (χ1) is 8.20. The van der Waals surface area contributed by atoms with Gasteiger partial charge in [-0.25, -0.2) is 9.97 Å². The molecule has 0 spiro atoms. The van der Waals surface area contributed by atoms with Crippen molar-refractivity contribution >= 4 is 39.0 Å².